The number of ketones is 1. The molecule has 0 aliphatic rings. The van der Waals surface area contributed by atoms with Gasteiger partial charge in [-0.2, -0.15) is 0 Å². The highest BCUT2D eigenvalue weighted by Crippen LogP contribution is 2.15. The van der Waals surface area contributed by atoms with E-state index in [4.69, 9.17) is 16.3 Å². The number of carbonyl (C=O) groups is 2. The molecular weight excluding hydrogens is 372 g/mol. The lowest BCUT2D eigenvalue weighted by Gasteiger charge is -2.02. The monoisotopic (exact) mass is 388 g/mol. The zero-order valence-corrected chi connectivity index (χ0v) is 15.7. The molecule has 0 atom stereocenters. The molecule has 0 bridgehead atoms. The van der Waals surface area contributed by atoms with Crippen LogP contribution in [0.3, 0.4) is 0 Å². The fourth-order valence-corrected chi connectivity index (χ4v) is 2.64. The van der Waals surface area contributed by atoms with Crippen molar-refractivity contribution in [2.24, 2.45) is 0 Å². The molecule has 0 N–H and O–H groups in total. The second kappa shape index (κ2) is 9.49. The molecule has 0 spiro atoms. The summed E-state index contributed by atoms with van der Waals surface area (Å²) in [5, 5.41) is 0.613. The maximum atomic E-state index is 12.3. The zero-order valence-electron chi connectivity index (χ0n) is 14.9. The quantitative estimate of drug-likeness (QED) is 0.230. The number of hydrogen-bond acceptors (Lipinski definition) is 3. The first-order valence-corrected chi connectivity index (χ1v) is 9.01. The molecule has 3 nitrogen and oxygen atoms in total. The van der Waals surface area contributed by atoms with Crippen molar-refractivity contribution < 1.29 is 14.3 Å². The number of rotatable bonds is 6. The Hall–Kier alpha value is -3.43. The molecule has 3 aromatic rings. The van der Waals surface area contributed by atoms with Crippen molar-refractivity contribution >= 4 is 35.5 Å². The van der Waals surface area contributed by atoms with E-state index >= 15 is 0 Å². The number of halogens is 1. The first-order chi connectivity index (χ1) is 13.6. The van der Waals surface area contributed by atoms with Crippen molar-refractivity contribution in [3.63, 3.8) is 0 Å². The van der Waals surface area contributed by atoms with E-state index < -0.39 is 5.97 Å². The lowest BCUT2D eigenvalue weighted by molar-refractivity contribution is -0.128. The predicted octanol–water partition coefficient (Wildman–Crippen LogP) is 5.85. The highest BCUT2D eigenvalue weighted by Gasteiger charge is 2.05. The van der Waals surface area contributed by atoms with Crippen LogP contribution in [0.1, 0.15) is 21.5 Å². The van der Waals surface area contributed by atoms with Gasteiger partial charge < -0.3 is 4.74 Å². The molecule has 3 aromatic carbocycles. The molecule has 4 heteroatoms. The Kier molecular flexibility index (Phi) is 6.55. The van der Waals surface area contributed by atoms with Crippen molar-refractivity contribution in [1.82, 2.24) is 0 Å². The summed E-state index contributed by atoms with van der Waals surface area (Å²) >= 11 is 5.93. The lowest BCUT2D eigenvalue weighted by Crippen LogP contribution is -2.04. The first kappa shape index (κ1) is 19.3. The van der Waals surface area contributed by atoms with Crippen LogP contribution in [0.15, 0.2) is 91.0 Å². The molecule has 138 valence electrons. The Morgan fingerprint density at radius 1 is 0.750 bits per heavy atom. The Labute approximate surface area is 168 Å². The van der Waals surface area contributed by atoms with Crippen LogP contribution in [0, 0.1) is 0 Å². The van der Waals surface area contributed by atoms with E-state index in [9.17, 15) is 9.59 Å². The van der Waals surface area contributed by atoms with Crippen LogP contribution in [0.5, 0.6) is 5.75 Å². The van der Waals surface area contributed by atoms with Gasteiger partial charge in [-0.25, -0.2) is 4.79 Å². The number of ether oxygens (including phenoxy) is 1. The molecule has 28 heavy (non-hydrogen) atoms. The second-order valence-electron chi connectivity index (χ2n) is 5.94. The third kappa shape index (κ3) is 5.79. The minimum Gasteiger partial charge on any atom is -0.423 e. The summed E-state index contributed by atoms with van der Waals surface area (Å²) in [7, 11) is 0. The maximum absolute atomic E-state index is 12.3. The van der Waals surface area contributed by atoms with Gasteiger partial charge in [0, 0.05) is 16.7 Å². The third-order valence-electron chi connectivity index (χ3n) is 3.84. The maximum Gasteiger partial charge on any atom is 0.336 e. The Bertz CT molecular complexity index is 1020. The second-order valence-corrected chi connectivity index (χ2v) is 6.38. The van der Waals surface area contributed by atoms with Gasteiger partial charge in [-0.3, -0.25) is 4.79 Å². The average molecular weight is 389 g/mol. The van der Waals surface area contributed by atoms with Crippen LogP contribution in [-0.2, 0) is 4.79 Å². The van der Waals surface area contributed by atoms with Crippen LogP contribution in [-0.4, -0.2) is 11.8 Å². The number of benzene rings is 3. The van der Waals surface area contributed by atoms with Crippen molar-refractivity contribution in [2.45, 2.75) is 0 Å². The molecule has 0 aliphatic heterocycles. The summed E-state index contributed by atoms with van der Waals surface area (Å²) in [6.45, 7) is 0. The van der Waals surface area contributed by atoms with Crippen LogP contribution < -0.4 is 4.74 Å². The van der Waals surface area contributed by atoms with Crippen LogP contribution in [0.4, 0.5) is 0 Å². The molecule has 0 amide bonds. The minimum absolute atomic E-state index is 0.151. The van der Waals surface area contributed by atoms with E-state index in [0.29, 0.717) is 16.3 Å². The molecule has 0 saturated heterocycles. The Morgan fingerprint density at radius 2 is 1.43 bits per heavy atom. The number of allylic oxidation sites excluding steroid dienone is 1. The van der Waals surface area contributed by atoms with Gasteiger partial charge in [-0.1, -0.05) is 60.1 Å². The van der Waals surface area contributed by atoms with E-state index in [-0.39, 0.29) is 5.78 Å². The van der Waals surface area contributed by atoms with Crippen molar-refractivity contribution in [2.75, 3.05) is 0 Å². The number of carbonyl (C=O) groups excluding carboxylic acids is 2. The minimum atomic E-state index is -0.483. The van der Waals surface area contributed by atoms with Crippen LogP contribution >= 0.6 is 11.6 Å². The SMILES string of the molecule is O=C(C=Cc1ccccc1)Oc1ccc(C(=O)C=Cc2cccc(Cl)c2)cc1. The van der Waals surface area contributed by atoms with Gasteiger partial charge in [0.05, 0.1) is 0 Å². The molecule has 0 heterocycles. The van der Waals surface area contributed by atoms with E-state index in [1.807, 2.05) is 42.5 Å². The van der Waals surface area contributed by atoms with Gasteiger partial charge in [0.2, 0.25) is 0 Å². The largest absolute Gasteiger partial charge is 0.423 e. The van der Waals surface area contributed by atoms with Gasteiger partial charge in [0.15, 0.2) is 5.78 Å². The van der Waals surface area contributed by atoms with Crippen molar-refractivity contribution in [1.29, 1.82) is 0 Å². The fraction of sp³-hybridized carbons (Fsp3) is 0. The molecular formula is C24H17ClO3. The summed E-state index contributed by atoms with van der Waals surface area (Å²) < 4.78 is 5.24. The van der Waals surface area contributed by atoms with Crippen LogP contribution in [0.25, 0.3) is 12.2 Å². The predicted molar refractivity (Wildman–Crippen MR) is 112 cm³/mol. The fourth-order valence-electron chi connectivity index (χ4n) is 2.44. The molecule has 0 aliphatic carbocycles. The molecule has 0 radical (unpaired) electrons. The topological polar surface area (TPSA) is 43.4 Å². The lowest BCUT2D eigenvalue weighted by atomic mass is 10.1. The summed E-state index contributed by atoms with van der Waals surface area (Å²) in [6.07, 6.45) is 6.23. The highest BCUT2D eigenvalue weighted by molar-refractivity contribution is 6.30. The summed E-state index contributed by atoms with van der Waals surface area (Å²) in [5.41, 5.74) is 2.25. The highest BCUT2D eigenvalue weighted by atomic mass is 35.5. The van der Waals surface area contributed by atoms with Gasteiger partial charge in [-0.05, 0) is 59.7 Å². The third-order valence-corrected chi connectivity index (χ3v) is 4.08. The summed E-state index contributed by atoms with van der Waals surface area (Å²) in [5.74, 6) is -0.260. The van der Waals surface area contributed by atoms with Crippen molar-refractivity contribution in [3.05, 3.63) is 113 Å². The van der Waals surface area contributed by atoms with Crippen molar-refractivity contribution in [3.8, 4) is 5.75 Å². The van der Waals surface area contributed by atoms with Crippen LogP contribution in [0.2, 0.25) is 5.02 Å². The first-order valence-electron chi connectivity index (χ1n) is 8.63. The van der Waals surface area contributed by atoms with E-state index in [1.54, 1.807) is 48.6 Å². The van der Waals surface area contributed by atoms with E-state index in [0.717, 1.165) is 11.1 Å². The van der Waals surface area contributed by atoms with E-state index in [1.165, 1.54) is 12.2 Å². The standard InChI is InChI=1S/C24H17ClO3/c25-21-8-4-7-19(17-21)9-15-23(26)20-11-13-22(14-12-20)28-24(27)16-10-18-5-2-1-3-6-18/h1-17H. The Morgan fingerprint density at radius 3 is 2.14 bits per heavy atom. The molecule has 0 unspecified atom stereocenters. The van der Waals surface area contributed by atoms with Gasteiger partial charge in [-0.15, -0.1) is 0 Å². The number of hydrogen-bond donors (Lipinski definition) is 0. The average Bonchev–Trinajstić information content (AvgIpc) is 2.72. The van der Waals surface area contributed by atoms with Gasteiger partial charge in [0.1, 0.15) is 5.75 Å². The summed E-state index contributed by atoms with van der Waals surface area (Å²) in [6, 6.07) is 23.1. The molecule has 0 aromatic heterocycles. The van der Waals surface area contributed by atoms with E-state index in [2.05, 4.69) is 0 Å². The normalized spacial score (nSPS) is 11.0. The molecule has 0 fully saturated rings. The Balaban J connectivity index is 1.59. The van der Waals surface area contributed by atoms with Gasteiger partial charge >= 0.3 is 5.97 Å². The van der Waals surface area contributed by atoms with Gasteiger partial charge in [0.25, 0.3) is 0 Å². The smallest absolute Gasteiger partial charge is 0.336 e. The number of esters is 1. The molecule has 3 rings (SSSR count). The zero-order chi connectivity index (χ0) is 19.8. The molecule has 0 saturated carbocycles. The summed E-state index contributed by atoms with van der Waals surface area (Å²) in [4.78, 5) is 24.2.